The molecule has 1 N–H and O–H groups in total. The molecule has 0 fully saturated rings. The van der Waals surface area contributed by atoms with Crippen molar-refractivity contribution in [1.82, 2.24) is 0 Å². The summed E-state index contributed by atoms with van der Waals surface area (Å²) in [6.07, 6.45) is 1.76. The van der Waals surface area contributed by atoms with Gasteiger partial charge in [-0.3, -0.25) is 9.59 Å². The summed E-state index contributed by atoms with van der Waals surface area (Å²) in [5.74, 6) is -0.788. The van der Waals surface area contributed by atoms with Gasteiger partial charge in [-0.15, -0.1) is 11.3 Å². The minimum Gasteiger partial charge on any atom is -0.481 e. The number of Topliss-reactive ketones (excluding diaryl/α,β-unsaturated/α-hetero) is 1. The first-order chi connectivity index (χ1) is 7.13. The summed E-state index contributed by atoms with van der Waals surface area (Å²) in [5.41, 5.74) is 0. The van der Waals surface area contributed by atoms with E-state index in [-0.39, 0.29) is 12.2 Å². The van der Waals surface area contributed by atoms with Gasteiger partial charge >= 0.3 is 5.97 Å². The second-order valence-corrected chi connectivity index (χ2v) is 4.46. The molecule has 82 valence electrons. The molecule has 1 heterocycles. The highest BCUT2D eigenvalue weighted by molar-refractivity contribution is 7.14. The van der Waals surface area contributed by atoms with E-state index in [0.717, 1.165) is 11.3 Å². The topological polar surface area (TPSA) is 54.4 Å². The smallest absolute Gasteiger partial charge is 0.303 e. The van der Waals surface area contributed by atoms with Gasteiger partial charge in [-0.25, -0.2) is 0 Å². The average molecular weight is 226 g/mol. The van der Waals surface area contributed by atoms with Gasteiger partial charge in [-0.1, -0.05) is 6.92 Å². The van der Waals surface area contributed by atoms with E-state index in [0.29, 0.717) is 12.8 Å². The van der Waals surface area contributed by atoms with E-state index in [4.69, 9.17) is 5.11 Å². The zero-order chi connectivity index (χ0) is 11.3. The van der Waals surface area contributed by atoms with Crippen LogP contribution in [-0.4, -0.2) is 16.9 Å². The summed E-state index contributed by atoms with van der Waals surface area (Å²) < 4.78 is 0. The molecule has 0 atom stereocenters. The molecule has 0 aliphatic carbocycles. The monoisotopic (exact) mass is 226 g/mol. The number of carbonyl (C=O) groups excluding carboxylic acids is 1. The molecular formula is C11H14O3S. The lowest BCUT2D eigenvalue weighted by atomic mass is 10.1. The maximum Gasteiger partial charge on any atom is 0.303 e. The molecule has 3 nitrogen and oxygen atoms in total. The van der Waals surface area contributed by atoms with E-state index < -0.39 is 5.97 Å². The molecule has 0 bridgehead atoms. The van der Waals surface area contributed by atoms with Crippen molar-refractivity contribution in [1.29, 1.82) is 0 Å². The van der Waals surface area contributed by atoms with Gasteiger partial charge in [0.1, 0.15) is 0 Å². The van der Waals surface area contributed by atoms with Gasteiger partial charge < -0.3 is 5.11 Å². The SMILES string of the molecule is CCc1ccc(C(=O)CCCC(=O)O)s1. The van der Waals surface area contributed by atoms with E-state index >= 15 is 0 Å². The molecule has 1 rings (SSSR count). The number of hydrogen-bond donors (Lipinski definition) is 1. The Labute approximate surface area is 92.7 Å². The van der Waals surface area contributed by atoms with E-state index in [1.54, 1.807) is 0 Å². The van der Waals surface area contributed by atoms with Crippen LogP contribution in [0, 0.1) is 0 Å². The second kappa shape index (κ2) is 5.66. The van der Waals surface area contributed by atoms with Crippen LogP contribution in [0.2, 0.25) is 0 Å². The standard InChI is InChI=1S/C11H14O3S/c1-2-8-6-7-10(15-8)9(12)4-3-5-11(13)14/h6-7H,2-5H2,1H3,(H,13,14). The number of rotatable bonds is 6. The average Bonchev–Trinajstić information content (AvgIpc) is 2.65. The number of aryl methyl sites for hydroxylation is 1. The van der Waals surface area contributed by atoms with Crippen molar-refractivity contribution in [2.45, 2.75) is 32.6 Å². The Kier molecular flexibility index (Phi) is 4.49. The molecule has 0 amide bonds. The van der Waals surface area contributed by atoms with Crippen molar-refractivity contribution in [3.63, 3.8) is 0 Å². The van der Waals surface area contributed by atoms with Crippen LogP contribution < -0.4 is 0 Å². The molecule has 15 heavy (non-hydrogen) atoms. The Balaban J connectivity index is 2.43. The van der Waals surface area contributed by atoms with E-state index in [9.17, 15) is 9.59 Å². The third-order valence-electron chi connectivity index (χ3n) is 2.08. The highest BCUT2D eigenvalue weighted by atomic mass is 32.1. The third kappa shape index (κ3) is 3.83. The van der Waals surface area contributed by atoms with Crippen LogP contribution in [0.15, 0.2) is 12.1 Å². The first kappa shape index (κ1) is 11.9. The summed E-state index contributed by atoms with van der Waals surface area (Å²) >= 11 is 1.50. The number of carboxylic acids is 1. The van der Waals surface area contributed by atoms with Gasteiger partial charge in [0.05, 0.1) is 4.88 Å². The van der Waals surface area contributed by atoms with Crippen molar-refractivity contribution in [2.24, 2.45) is 0 Å². The van der Waals surface area contributed by atoms with Crippen molar-refractivity contribution in [3.05, 3.63) is 21.9 Å². The lowest BCUT2D eigenvalue weighted by Gasteiger charge is -1.95. The largest absolute Gasteiger partial charge is 0.481 e. The molecule has 4 heteroatoms. The van der Waals surface area contributed by atoms with Gasteiger partial charge in [0.2, 0.25) is 0 Å². The van der Waals surface area contributed by atoms with Gasteiger partial charge in [0, 0.05) is 17.7 Å². The van der Waals surface area contributed by atoms with Crippen molar-refractivity contribution in [3.8, 4) is 0 Å². The maximum atomic E-state index is 11.6. The molecule has 1 aromatic heterocycles. The Bertz CT molecular complexity index is 354. The van der Waals surface area contributed by atoms with E-state index in [1.165, 1.54) is 16.2 Å². The number of carboxylic acid groups (broad SMARTS) is 1. The van der Waals surface area contributed by atoms with Crippen molar-refractivity contribution in [2.75, 3.05) is 0 Å². The van der Waals surface area contributed by atoms with Crippen molar-refractivity contribution < 1.29 is 14.7 Å². The van der Waals surface area contributed by atoms with Crippen molar-refractivity contribution >= 4 is 23.1 Å². The molecule has 0 aromatic carbocycles. The van der Waals surface area contributed by atoms with Crippen LogP contribution in [0.25, 0.3) is 0 Å². The minimum absolute atomic E-state index is 0.0564. The normalized spacial score (nSPS) is 10.2. The molecule has 0 saturated heterocycles. The van der Waals surface area contributed by atoms with Crippen LogP contribution in [0.4, 0.5) is 0 Å². The van der Waals surface area contributed by atoms with Gasteiger partial charge in [0.15, 0.2) is 5.78 Å². The molecule has 0 aliphatic rings. The summed E-state index contributed by atoms with van der Waals surface area (Å²) in [6, 6.07) is 3.78. The molecule has 0 saturated carbocycles. The van der Waals surface area contributed by atoms with Crippen LogP contribution in [0.5, 0.6) is 0 Å². The fourth-order valence-corrected chi connectivity index (χ4v) is 2.16. The molecule has 1 aromatic rings. The molecular weight excluding hydrogens is 212 g/mol. The molecule has 0 unspecified atom stereocenters. The van der Waals surface area contributed by atoms with Crippen LogP contribution in [0.3, 0.4) is 0 Å². The summed E-state index contributed by atoms with van der Waals surface area (Å²) in [7, 11) is 0. The minimum atomic E-state index is -0.844. The highest BCUT2D eigenvalue weighted by Crippen LogP contribution is 2.19. The number of carbonyl (C=O) groups is 2. The molecule has 0 spiro atoms. The first-order valence-corrected chi connectivity index (χ1v) is 5.79. The van der Waals surface area contributed by atoms with E-state index in [1.807, 2.05) is 19.1 Å². The Morgan fingerprint density at radius 3 is 2.60 bits per heavy atom. The molecule has 0 radical (unpaired) electrons. The Morgan fingerprint density at radius 2 is 2.07 bits per heavy atom. The predicted octanol–water partition coefficient (Wildman–Crippen LogP) is 2.75. The summed E-state index contributed by atoms with van der Waals surface area (Å²) in [5, 5.41) is 8.43. The van der Waals surface area contributed by atoms with Gasteiger partial charge in [-0.2, -0.15) is 0 Å². The zero-order valence-electron chi connectivity index (χ0n) is 8.66. The first-order valence-electron chi connectivity index (χ1n) is 4.97. The second-order valence-electron chi connectivity index (χ2n) is 3.29. The fraction of sp³-hybridized carbons (Fsp3) is 0.455. The Hall–Kier alpha value is -1.16. The van der Waals surface area contributed by atoms with Gasteiger partial charge in [-0.05, 0) is 25.0 Å². The lowest BCUT2D eigenvalue weighted by Crippen LogP contribution is -1.99. The Morgan fingerprint density at radius 1 is 1.33 bits per heavy atom. The van der Waals surface area contributed by atoms with E-state index in [2.05, 4.69) is 0 Å². The summed E-state index contributed by atoms with van der Waals surface area (Å²) in [4.78, 5) is 23.8. The number of hydrogen-bond acceptors (Lipinski definition) is 3. The zero-order valence-corrected chi connectivity index (χ0v) is 9.47. The van der Waals surface area contributed by atoms with Crippen LogP contribution in [-0.2, 0) is 11.2 Å². The maximum absolute atomic E-state index is 11.6. The highest BCUT2D eigenvalue weighted by Gasteiger charge is 2.09. The number of ketones is 1. The van der Waals surface area contributed by atoms with Crippen LogP contribution in [0.1, 0.15) is 40.7 Å². The number of thiophene rings is 1. The number of aliphatic carboxylic acids is 1. The third-order valence-corrected chi connectivity index (χ3v) is 3.35. The van der Waals surface area contributed by atoms with Gasteiger partial charge in [0.25, 0.3) is 0 Å². The lowest BCUT2D eigenvalue weighted by molar-refractivity contribution is -0.137. The van der Waals surface area contributed by atoms with Crippen LogP contribution >= 0.6 is 11.3 Å². The predicted molar refractivity (Wildman–Crippen MR) is 59.5 cm³/mol. The molecule has 0 aliphatic heterocycles. The fourth-order valence-electron chi connectivity index (χ4n) is 1.24. The quantitative estimate of drug-likeness (QED) is 0.759. The summed E-state index contributed by atoms with van der Waals surface area (Å²) in [6.45, 7) is 2.05.